The number of carbonyl (C=O) groups is 1. The molecule has 0 saturated heterocycles. The van der Waals surface area contributed by atoms with Crippen LogP contribution in [0, 0.1) is 0 Å². The van der Waals surface area contributed by atoms with Crippen LogP contribution in [0.5, 0.6) is 11.5 Å². The highest BCUT2D eigenvalue weighted by atomic mass is 16.3. The van der Waals surface area contributed by atoms with Crippen LogP contribution in [0.2, 0.25) is 0 Å². The Labute approximate surface area is 132 Å². The number of nitrogens with one attached hydrogen (secondary N) is 1. The van der Waals surface area contributed by atoms with Gasteiger partial charge < -0.3 is 21.3 Å². The largest absolute Gasteiger partial charge is 0.508 e. The highest BCUT2D eigenvalue weighted by Crippen LogP contribution is 2.22. The Morgan fingerprint density at radius 3 is 2.05 bits per heavy atom. The first-order valence-corrected chi connectivity index (χ1v) is 8.00. The number of phenolic OH excluding ortho intramolecular Hbond substituents is 2. The lowest BCUT2D eigenvalue weighted by molar-refractivity contribution is -0.127. The number of nitrogens with two attached hydrogens (primary N) is 1. The normalized spacial score (nSPS) is 11.4. The molecular formula is C17H28N2O3. The van der Waals surface area contributed by atoms with Crippen LogP contribution in [-0.4, -0.2) is 21.7 Å². The zero-order valence-electron chi connectivity index (χ0n) is 13.6. The van der Waals surface area contributed by atoms with Gasteiger partial charge >= 0.3 is 0 Å². The van der Waals surface area contributed by atoms with Gasteiger partial charge in [-0.3, -0.25) is 4.79 Å². The summed E-state index contributed by atoms with van der Waals surface area (Å²) in [6.45, 7) is 4.39. The van der Waals surface area contributed by atoms with Crippen molar-refractivity contribution in [3.05, 3.63) is 23.8 Å². The molecule has 1 aromatic rings. The summed E-state index contributed by atoms with van der Waals surface area (Å²) < 4.78 is 0. The predicted octanol–water partition coefficient (Wildman–Crippen LogP) is 2.79. The number of benzene rings is 1. The average Bonchev–Trinajstić information content (AvgIpc) is 2.47. The zero-order chi connectivity index (χ0) is 16.6. The first kappa shape index (κ1) is 18.3. The molecule has 0 atom stereocenters. The fourth-order valence-corrected chi connectivity index (χ4v) is 2.45. The van der Waals surface area contributed by atoms with E-state index in [-0.39, 0.29) is 24.0 Å². The molecule has 124 valence electrons. The van der Waals surface area contributed by atoms with Gasteiger partial charge in [0.2, 0.25) is 5.91 Å². The molecule has 0 aliphatic heterocycles. The van der Waals surface area contributed by atoms with Crippen LogP contribution < -0.4 is 11.1 Å². The topological polar surface area (TPSA) is 95.6 Å². The molecule has 0 spiro atoms. The Kier molecular flexibility index (Phi) is 7.18. The van der Waals surface area contributed by atoms with E-state index in [1.54, 1.807) is 0 Å². The van der Waals surface area contributed by atoms with Crippen molar-refractivity contribution in [1.82, 2.24) is 5.32 Å². The van der Waals surface area contributed by atoms with Crippen molar-refractivity contribution in [2.45, 2.75) is 64.5 Å². The number of amides is 1. The molecule has 0 radical (unpaired) electrons. The molecule has 1 amide bonds. The van der Waals surface area contributed by atoms with Crippen molar-refractivity contribution in [3.63, 3.8) is 0 Å². The van der Waals surface area contributed by atoms with Gasteiger partial charge in [-0.05, 0) is 30.5 Å². The summed E-state index contributed by atoms with van der Waals surface area (Å²) in [6, 6.07) is 4.27. The quantitative estimate of drug-likeness (QED) is 0.564. The van der Waals surface area contributed by atoms with Crippen molar-refractivity contribution in [2.24, 2.45) is 5.73 Å². The van der Waals surface area contributed by atoms with Gasteiger partial charge in [0.15, 0.2) is 0 Å². The Morgan fingerprint density at radius 2 is 1.59 bits per heavy atom. The van der Waals surface area contributed by atoms with Gasteiger partial charge in [-0.2, -0.15) is 0 Å². The molecular weight excluding hydrogens is 280 g/mol. The molecule has 0 heterocycles. The fraction of sp³-hybridized carbons (Fsp3) is 0.588. The van der Waals surface area contributed by atoms with E-state index in [1.807, 2.05) is 0 Å². The number of hydrogen-bond acceptors (Lipinski definition) is 4. The van der Waals surface area contributed by atoms with Crippen LogP contribution in [0.15, 0.2) is 18.2 Å². The third-order valence-electron chi connectivity index (χ3n) is 3.82. The average molecular weight is 308 g/mol. The van der Waals surface area contributed by atoms with Gasteiger partial charge in [-0.1, -0.05) is 39.5 Å². The van der Waals surface area contributed by atoms with Crippen molar-refractivity contribution < 1.29 is 15.0 Å². The third kappa shape index (κ3) is 5.56. The zero-order valence-corrected chi connectivity index (χ0v) is 13.6. The maximum atomic E-state index is 12.5. The lowest BCUT2D eigenvalue weighted by atomic mass is 9.87. The predicted molar refractivity (Wildman–Crippen MR) is 87.6 cm³/mol. The first-order chi connectivity index (χ1) is 10.4. The van der Waals surface area contributed by atoms with Gasteiger partial charge in [0, 0.05) is 12.6 Å². The van der Waals surface area contributed by atoms with E-state index >= 15 is 0 Å². The van der Waals surface area contributed by atoms with Crippen LogP contribution in [0.4, 0.5) is 0 Å². The molecule has 0 saturated carbocycles. The lowest BCUT2D eigenvalue weighted by Gasteiger charge is -2.28. The van der Waals surface area contributed by atoms with Gasteiger partial charge in [0.1, 0.15) is 11.5 Å². The van der Waals surface area contributed by atoms with E-state index in [1.165, 1.54) is 18.2 Å². The third-order valence-corrected chi connectivity index (χ3v) is 3.82. The van der Waals surface area contributed by atoms with Crippen molar-refractivity contribution in [2.75, 3.05) is 0 Å². The number of aromatic hydroxyl groups is 2. The summed E-state index contributed by atoms with van der Waals surface area (Å²) in [6.07, 6.45) is 5.17. The number of hydrogen-bond donors (Lipinski definition) is 4. The number of rotatable bonds is 9. The minimum atomic E-state index is -0.842. The Hall–Kier alpha value is -1.75. The summed E-state index contributed by atoms with van der Waals surface area (Å²) in [5.74, 6) is -0.224. The molecule has 0 fully saturated rings. The molecule has 0 bridgehead atoms. The number of phenols is 2. The van der Waals surface area contributed by atoms with E-state index in [4.69, 9.17) is 5.73 Å². The Morgan fingerprint density at radius 1 is 1.09 bits per heavy atom. The van der Waals surface area contributed by atoms with Gasteiger partial charge in [-0.15, -0.1) is 0 Å². The molecule has 1 aromatic carbocycles. The monoisotopic (exact) mass is 308 g/mol. The molecule has 0 aliphatic rings. The molecule has 5 nitrogen and oxygen atoms in total. The molecule has 5 N–H and O–H groups in total. The van der Waals surface area contributed by atoms with E-state index in [0.29, 0.717) is 18.4 Å². The Balaban J connectivity index is 2.69. The summed E-state index contributed by atoms with van der Waals surface area (Å²) >= 11 is 0. The molecule has 22 heavy (non-hydrogen) atoms. The smallest absolute Gasteiger partial charge is 0.240 e. The van der Waals surface area contributed by atoms with Crippen molar-refractivity contribution in [1.29, 1.82) is 0 Å². The summed E-state index contributed by atoms with van der Waals surface area (Å²) in [4.78, 5) is 12.5. The molecule has 0 aliphatic carbocycles. The van der Waals surface area contributed by atoms with Gasteiger partial charge in [0.05, 0.1) is 5.54 Å². The fourth-order valence-electron chi connectivity index (χ4n) is 2.45. The lowest BCUT2D eigenvalue weighted by Crippen LogP contribution is -2.53. The Bertz CT molecular complexity index is 461. The van der Waals surface area contributed by atoms with Crippen LogP contribution >= 0.6 is 0 Å². The van der Waals surface area contributed by atoms with Gasteiger partial charge in [0.25, 0.3) is 0 Å². The minimum absolute atomic E-state index is 0.0276. The highest BCUT2D eigenvalue weighted by molar-refractivity contribution is 5.86. The molecule has 5 heteroatoms. The molecule has 0 unspecified atom stereocenters. The first-order valence-electron chi connectivity index (χ1n) is 8.00. The van der Waals surface area contributed by atoms with Crippen molar-refractivity contribution >= 4 is 5.91 Å². The van der Waals surface area contributed by atoms with Crippen molar-refractivity contribution in [3.8, 4) is 11.5 Å². The van der Waals surface area contributed by atoms with E-state index in [0.717, 1.165) is 25.7 Å². The van der Waals surface area contributed by atoms with E-state index < -0.39 is 5.54 Å². The van der Waals surface area contributed by atoms with Crippen LogP contribution in [0.1, 0.15) is 57.9 Å². The van der Waals surface area contributed by atoms with E-state index in [9.17, 15) is 15.0 Å². The SMILES string of the molecule is CCCCC(N)(CCCC)C(=O)NCc1cc(O)cc(O)c1. The summed E-state index contributed by atoms with van der Waals surface area (Å²) in [5.41, 5.74) is 6.12. The van der Waals surface area contributed by atoms with Crippen LogP contribution in [-0.2, 0) is 11.3 Å². The number of carbonyl (C=O) groups excluding carboxylic acids is 1. The van der Waals surface area contributed by atoms with E-state index in [2.05, 4.69) is 19.2 Å². The van der Waals surface area contributed by atoms with Crippen LogP contribution in [0.25, 0.3) is 0 Å². The number of unbranched alkanes of at least 4 members (excludes halogenated alkanes) is 2. The standard InChI is InChI=1S/C17H28N2O3/c1-3-5-7-17(18,8-6-4-2)16(22)19-12-13-9-14(20)11-15(21)10-13/h9-11,20-21H,3-8,12,18H2,1-2H3,(H,19,22). The second kappa shape index (κ2) is 8.63. The maximum Gasteiger partial charge on any atom is 0.240 e. The molecule has 1 rings (SSSR count). The van der Waals surface area contributed by atoms with Crippen LogP contribution in [0.3, 0.4) is 0 Å². The highest BCUT2D eigenvalue weighted by Gasteiger charge is 2.32. The summed E-state index contributed by atoms with van der Waals surface area (Å²) in [7, 11) is 0. The minimum Gasteiger partial charge on any atom is -0.508 e. The molecule has 0 aromatic heterocycles. The second-order valence-electron chi connectivity index (χ2n) is 5.90. The maximum absolute atomic E-state index is 12.5. The summed E-state index contributed by atoms with van der Waals surface area (Å²) in [5, 5.41) is 21.7. The van der Waals surface area contributed by atoms with Gasteiger partial charge in [-0.25, -0.2) is 0 Å². The second-order valence-corrected chi connectivity index (χ2v) is 5.90.